The molecule has 6 heteroatoms. The SMILES string of the molecule is CC(C)OC(=NC(=O)c1cccc(F)c1)N(C)C1CCN(C)CC1. The van der Waals surface area contributed by atoms with Crippen LogP contribution in [0.3, 0.4) is 0 Å². The molecule has 0 saturated carbocycles. The van der Waals surface area contributed by atoms with Gasteiger partial charge in [0.15, 0.2) is 0 Å². The van der Waals surface area contributed by atoms with Crippen LogP contribution in [0.2, 0.25) is 0 Å². The normalized spacial score (nSPS) is 17.2. The molecule has 0 aromatic heterocycles. The third kappa shape index (κ3) is 5.03. The third-order valence-electron chi connectivity index (χ3n) is 4.15. The Bertz CT molecular complexity index is 596. The van der Waals surface area contributed by atoms with Crippen LogP contribution < -0.4 is 0 Å². The molecule has 0 unspecified atom stereocenters. The molecule has 1 aliphatic rings. The summed E-state index contributed by atoms with van der Waals surface area (Å²) in [6, 6.07) is 6.12. The average Bonchev–Trinajstić information content (AvgIpc) is 2.54. The van der Waals surface area contributed by atoms with E-state index in [0.29, 0.717) is 6.02 Å². The number of amidine groups is 1. The van der Waals surface area contributed by atoms with Crippen molar-refractivity contribution in [1.29, 1.82) is 0 Å². The number of carbonyl (C=O) groups excluding carboxylic acids is 1. The Morgan fingerprint density at radius 2 is 2.04 bits per heavy atom. The van der Waals surface area contributed by atoms with Gasteiger partial charge in [-0.25, -0.2) is 4.39 Å². The molecule has 1 heterocycles. The summed E-state index contributed by atoms with van der Waals surface area (Å²) in [5.74, 6) is -0.948. The van der Waals surface area contributed by atoms with Crippen LogP contribution in [-0.2, 0) is 4.74 Å². The minimum atomic E-state index is -0.495. The number of hydrogen-bond acceptors (Lipinski definition) is 3. The largest absolute Gasteiger partial charge is 0.462 e. The molecule has 1 aromatic rings. The minimum Gasteiger partial charge on any atom is -0.462 e. The van der Waals surface area contributed by atoms with E-state index >= 15 is 0 Å². The van der Waals surface area contributed by atoms with Gasteiger partial charge in [-0.3, -0.25) is 4.79 Å². The molecule has 1 amide bonds. The molecule has 5 nitrogen and oxygen atoms in total. The fourth-order valence-electron chi connectivity index (χ4n) is 2.71. The molecule has 0 N–H and O–H groups in total. The molecule has 132 valence electrons. The maximum absolute atomic E-state index is 13.3. The van der Waals surface area contributed by atoms with Crippen molar-refractivity contribution < 1.29 is 13.9 Å². The number of amides is 1. The average molecular weight is 335 g/mol. The number of likely N-dealkylation sites (tertiary alicyclic amines) is 1. The number of rotatable bonds is 3. The summed E-state index contributed by atoms with van der Waals surface area (Å²) < 4.78 is 19.1. The van der Waals surface area contributed by atoms with Crippen LogP contribution in [0.15, 0.2) is 29.3 Å². The van der Waals surface area contributed by atoms with Gasteiger partial charge in [-0.1, -0.05) is 6.07 Å². The smallest absolute Gasteiger partial charge is 0.295 e. The van der Waals surface area contributed by atoms with Gasteiger partial charge >= 0.3 is 0 Å². The predicted molar refractivity (Wildman–Crippen MR) is 92.7 cm³/mol. The number of piperidine rings is 1. The van der Waals surface area contributed by atoms with Crippen LogP contribution in [-0.4, -0.2) is 61.1 Å². The molecule has 1 fully saturated rings. The highest BCUT2D eigenvalue weighted by atomic mass is 19.1. The highest BCUT2D eigenvalue weighted by Crippen LogP contribution is 2.16. The van der Waals surface area contributed by atoms with E-state index in [-0.39, 0.29) is 17.7 Å². The lowest BCUT2D eigenvalue weighted by Gasteiger charge is -2.36. The first-order chi connectivity index (χ1) is 11.4. The molecule has 1 aliphatic heterocycles. The Morgan fingerprint density at radius 3 is 2.62 bits per heavy atom. The lowest BCUT2D eigenvalue weighted by molar-refractivity contribution is 0.0978. The quantitative estimate of drug-likeness (QED) is 0.629. The summed E-state index contributed by atoms with van der Waals surface area (Å²) in [6.45, 7) is 5.79. The summed E-state index contributed by atoms with van der Waals surface area (Å²) in [6.07, 6.45) is 1.88. The van der Waals surface area contributed by atoms with Gasteiger partial charge in [0.25, 0.3) is 11.9 Å². The molecule has 24 heavy (non-hydrogen) atoms. The Hall–Kier alpha value is -1.95. The van der Waals surface area contributed by atoms with Crippen LogP contribution in [0.5, 0.6) is 0 Å². The molecular formula is C18H26FN3O2. The first-order valence-corrected chi connectivity index (χ1v) is 8.33. The van der Waals surface area contributed by atoms with E-state index in [2.05, 4.69) is 16.9 Å². The molecule has 0 spiro atoms. The third-order valence-corrected chi connectivity index (χ3v) is 4.15. The minimum absolute atomic E-state index is 0.0993. The number of halogens is 1. The number of hydrogen-bond donors (Lipinski definition) is 0. The van der Waals surface area contributed by atoms with Gasteiger partial charge < -0.3 is 14.5 Å². The highest BCUT2D eigenvalue weighted by Gasteiger charge is 2.25. The van der Waals surface area contributed by atoms with Gasteiger partial charge in [0, 0.05) is 18.7 Å². The van der Waals surface area contributed by atoms with Crippen molar-refractivity contribution >= 4 is 11.9 Å². The zero-order chi connectivity index (χ0) is 17.7. The van der Waals surface area contributed by atoms with E-state index < -0.39 is 11.7 Å². The fraction of sp³-hybridized carbons (Fsp3) is 0.556. The first kappa shape index (κ1) is 18.4. The summed E-state index contributed by atoms with van der Waals surface area (Å²) in [4.78, 5) is 20.7. The maximum atomic E-state index is 13.3. The zero-order valence-corrected chi connectivity index (χ0v) is 14.8. The first-order valence-electron chi connectivity index (χ1n) is 8.33. The predicted octanol–water partition coefficient (Wildman–Crippen LogP) is 2.77. The molecule has 1 aromatic carbocycles. The molecule has 0 bridgehead atoms. The van der Waals surface area contributed by atoms with Crippen molar-refractivity contribution in [3.8, 4) is 0 Å². The second-order valence-corrected chi connectivity index (χ2v) is 6.52. The van der Waals surface area contributed by atoms with Gasteiger partial charge in [0.2, 0.25) is 0 Å². The van der Waals surface area contributed by atoms with Crippen LogP contribution >= 0.6 is 0 Å². The van der Waals surface area contributed by atoms with Gasteiger partial charge in [0.1, 0.15) is 5.82 Å². The monoisotopic (exact) mass is 335 g/mol. The van der Waals surface area contributed by atoms with Crippen molar-refractivity contribution in [1.82, 2.24) is 9.80 Å². The number of carbonyl (C=O) groups is 1. The number of ether oxygens (including phenoxy) is 1. The Balaban J connectivity index is 2.18. The van der Waals surface area contributed by atoms with E-state index in [4.69, 9.17) is 4.74 Å². The van der Waals surface area contributed by atoms with Crippen molar-refractivity contribution in [3.05, 3.63) is 35.6 Å². The van der Waals surface area contributed by atoms with Gasteiger partial charge in [-0.05, 0) is 65.0 Å². The van der Waals surface area contributed by atoms with E-state index in [1.807, 2.05) is 25.8 Å². The Morgan fingerprint density at radius 1 is 1.38 bits per heavy atom. The van der Waals surface area contributed by atoms with E-state index in [0.717, 1.165) is 25.9 Å². The van der Waals surface area contributed by atoms with Crippen LogP contribution in [0, 0.1) is 5.82 Å². The standard InChI is InChI=1S/C18H26FN3O2/c1-13(2)24-18(22(4)16-8-10-21(3)11-9-16)20-17(23)14-6-5-7-15(19)12-14/h5-7,12-13,16H,8-11H2,1-4H3. The molecule has 0 aliphatic carbocycles. The summed E-state index contributed by atoms with van der Waals surface area (Å²) in [7, 11) is 4.00. The lowest BCUT2D eigenvalue weighted by Crippen LogP contribution is -2.46. The van der Waals surface area contributed by atoms with Crippen molar-refractivity contribution in [3.63, 3.8) is 0 Å². The van der Waals surface area contributed by atoms with E-state index in [1.165, 1.54) is 18.2 Å². The molecular weight excluding hydrogens is 309 g/mol. The molecule has 0 atom stereocenters. The van der Waals surface area contributed by atoms with Crippen molar-refractivity contribution in [2.24, 2.45) is 4.99 Å². The number of aliphatic imine (C=N–C) groups is 1. The highest BCUT2D eigenvalue weighted by molar-refractivity contribution is 6.01. The van der Waals surface area contributed by atoms with Crippen LogP contribution in [0.4, 0.5) is 4.39 Å². The Kier molecular flexibility index (Phi) is 6.31. The zero-order valence-electron chi connectivity index (χ0n) is 14.8. The second-order valence-electron chi connectivity index (χ2n) is 6.52. The van der Waals surface area contributed by atoms with Crippen molar-refractivity contribution in [2.75, 3.05) is 27.2 Å². The van der Waals surface area contributed by atoms with Gasteiger partial charge in [0.05, 0.1) is 6.10 Å². The Labute approximate surface area is 143 Å². The van der Waals surface area contributed by atoms with Gasteiger partial charge in [-0.15, -0.1) is 0 Å². The maximum Gasteiger partial charge on any atom is 0.295 e. The second kappa shape index (κ2) is 8.24. The summed E-state index contributed by atoms with van der Waals surface area (Å²) >= 11 is 0. The molecule has 2 rings (SSSR count). The summed E-state index contributed by atoms with van der Waals surface area (Å²) in [5, 5.41) is 0. The molecule has 0 radical (unpaired) electrons. The van der Waals surface area contributed by atoms with Crippen molar-refractivity contribution in [2.45, 2.75) is 38.8 Å². The number of nitrogens with zero attached hydrogens (tertiary/aromatic N) is 3. The topological polar surface area (TPSA) is 45.1 Å². The van der Waals surface area contributed by atoms with Crippen LogP contribution in [0.25, 0.3) is 0 Å². The summed E-state index contributed by atoms with van der Waals surface area (Å²) in [5.41, 5.74) is 0.219. The van der Waals surface area contributed by atoms with E-state index in [9.17, 15) is 9.18 Å². The fourth-order valence-corrected chi connectivity index (χ4v) is 2.71. The van der Waals surface area contributed by atoms with Crippen LogP contribution in [0.1, 0.15) is 37.0 Å². The lowest BCUT2D eigenvalue weighted by atomic mass is 10.0. The van der Waals surface area contributed by atoms with E-state index in [1.54, 1.807) is 6.07 Å². The van der Waals surface area contributed by atoms with Gasteiger partial charge in [-0.2, -0.15) is 4.99 Å². The number of benzene rings is 1. The molecule has 1 saturated heterocycles.